The molecular weight excluding hydrogens is 212 g/mol. The Morgan fingerprint density at radius 2 is 2.44 bits per heavy atom. The van der Waals surface area contributed by atoms with E-state index in [1.165, 1.54) is 17.8 Å². The molecule has 2 aromatic heterocycles. The van der Waals surface area contributed by atoms with Gasteiger partial charge >= 0.3 is 6.16 Å². The monoisotopic (exact) mass is 222 g/mol. The molecule has 0 aromatic carbocycles. The maximum atomic E-state index is 10.9. The minimum atomic E-state index is -0.802. The lowest BCUT2D eigenvalue weighted by Gasteiger charge is -2.01. The highest BCUT2D eigenvalue weighted by atomic mass is 16.7. The van der Waals surface area contributed by atoms with Crippen LogP contribution >= 0.6 is 0 Å². The zero-order valence-electron chi connectivity index (χ0n) is 8.58. The molecule has 0 unspecified atom stereocenters. The van der Waals surface area contributed by atoms with Gasteiger partial charge in [0.2, 0.25) is 0 Å². The quantitative estimate of drug-likeness (QED) is 0.766. The predicted octanol–water partition coefficient (Wildman–Crippen LogP) is 0.972. The SMILES string of the molecule is COC(=O)Oc1cnn2ccc(CO)cc12. The minimum absolute atomic E-state index is 0.0840. The molecule has 2 heterocycles. The molecule has 6 heteroatoms. The number of carbonyl (C=O) groups is 1. The Bertz CT molecular complexity index is 521. The van der Waals surface area contributed by atoms with Crippen molar-refractivity contribution in [3.63, 3.8) is 0 Å². The van der Waals surface area contributed by atoms with Gasteiger partial charge in [-0.25, -0.2) is 9.31 Å². The lowest BCUT2D eigenvalue weighted by molar-refractivity contribution is 0.122. The van der Waals surface area contributed by atoms with Crippen LogP contribution in [0.1, 0.15) is 5.56 Å². The van der Waals surface area contributed by atoms with E-state index in [0.29, 0.717) is 16.8 Å². The van der Waals surface area contributed by atoms with Crippen LogP contribution in [-0.4, -0.2) is 28.0 Å². The minimum Gasteiger partial charge on any atom is -0.437 e. The zero-order valence-corrected chi connectivity index (χ0v) is 8.58. The van der Waals surface area contributed by atoms with Gasteiger partial charge in [0.15, 0.2) is 5.75 Å². The summed E-state index contributed by atoms with van der Waals surface area (Å²) in [6, 6.07) is 3.41. The second-order valence-corrected chi connectivity index (χ2v) is 3.09. The number of hydrogen-bond acceptors (Lipinski definition) is 5. The van der Waals surface area contributed by atoms with E-state index in [0.717, 1.165) is 0 Å². The van der Waals surface area contributed by atoms with E-state index < -0.39 is 6.16 Å². The van der Waals surface area contributed by atoms with Crippen LogP contribution in [0.15, 0.2) is 24.5 Å². The van der Waals surface area contributed by atoms with Gasteiger partial charge < -0.3 is 14.6 Å². The predicted molar refractivity (Wildman–Crippen MR) is 54.1 cm³/mol. The Hall–Kier alpha value is -2.08. The fourth-order valence-corrected chi connectivity index (χ4v) is 1.31. The number of aromatic nitrogens is 2. The average molecular weight is 222 g/mol. The molecule has 0 bridgehead atoms. The summed E-state index contributed by atoms with van der Waals surface area (Å²) in [5.74, 6) is 0.294. The van der Waals surface area contributed by atoms with Crippen LogP contribution in [0.5, 0.6) is 5.75 Å². The average Bonchev–Trinajstić information content (AvgIpc) is 2.71. The highest BCUT2D eigenvalue weighted by Gasteiger charge is 2.10. The fourth-order valence-electron chi connectivity index (χ4n) is 1.31. The molecule has 16 heavy (non-hydrogen) atoms. The number of carbonyl (C=O) groups excluding carboxylic acids is 1. The molecule has 0 amide bonds. The first-order chi connectivity index (χ1) is 7.74. The molecule has 0 aliphatic carbocycles. The van der Waals surface area contributed by atoms with Crippen molar-refractivity contribution in [3.8, 4) is 5.75 Å². The van der Waals surface area contributed by atoms with Crippen LogP contribution in [0.4, 0.5) is 4.79 Å². The van der Waals surface area contributed by atoms with Crippen molar-refractivity contribution >= 4 is 11.7 Å². The first-order valence-electron chi connectivity index (χ1n) is 4.57. The molecule has 0 radical (unpaired) electrons. The summed E-state index contributed by atoms with van der Waals surface area (Å²) in [5.41, 5.74) is 1.31. The van der Waals surface area contributed by atoms with Crippen LogP contribution in [0.25, 0.3) is 5.52 Å². The van der Waals surface area contributed by atoms with Crippen LogP contribution < -0.4 is 4.74 Å². The second kappa shape index (κ2) is 4.19. The number of methoxy groups -OCH3 is 1. The Kier molecular flexibility index (Phi) is 2.74. The molecule has 0 aliphatic rings. The third kappa shape index (κ3) is 1.82. The summed E-state index contributed by atoms with van der Waals surface area (Å²) in [5, 5.41) is 13.0. The Labute approximate surface area is 91.0 Å². The molecule has 0 atom stereocenters. The topological polar surface area (TPSA) is 73.1 Å². The molecule has 2 aromatic rings. The van der Waals surface area contributed by atoms with Gasteiger partial charge in [0.1, 0.15) is 5.52 Å². The van der Waals surface area contributed by atoms with Crippen molar-refractivity contribution in [2.24, 2.45) is 0 Å². The van der Waals surface area contributed by atoms with Crippen LogP contribution in [0, 0.1) is 0 Å². The Morgan fingerprint density at radius 3 is 3.12 bits per heavy atom. The molecule has 0 aliphatic heterocycles. The van der Waals surface area contributed by atoms with E-state index in [2.05, 4.69) is 9.84 Å². The number of nitrogens with zero attached hydrogens (tertiary/aromatic N) is 2. The summed E-state index contributed by atoms with van der Waals surface area (Å²) in [6.45, 7) is -0.0840. The van der Waals surface area contributed by atoms with Crippen molar-refractivity contribution in [2.75, 3.05) is 7.11 Å². The summed E-state index contributed by atoms with van der Waals surface area (Å²) in [6.07, 6.45) is 2.28. The third-order valence-electron chi connectivity index (χ3n) is 2.09. The molecule has 1 N–H and O–H groups in total. The van der Waals surface area contributed by atoms with Gasteiger partial charge in [-0.3, -0.25) is 0 Å². The van der Waals surface area contributed by atoms with E-state index in [1.807, 2.05) is 0 Å². The van der Waals surface area contributed by atoms with Gasteiger partial charge in [-0.1, -0.05) is 0 Å². The summed E-state index contributed by atoms with van der Waals surface area (Å²) >= 11 is 0. The van der Waals surface area contributed by atoms with Crippen molar-refractivity contribution in [1.29, 1.82) is 0 Å². The van der Waals surface area contributed by atoms with Crippen molar-refractivity contribution in [1.82, 2.24) is 9.61 Å². The first kappa shape index (κ1) is 10.4. The normalized spacial score (nSPS) is 10.4. The lowest BCUT2D eigenvalue weighted by Crippen LogP contribution is -2.06. The molecule has 84 valence electrons. The number of aliphatic hydroxyl groups is 1. The second-order valence-electron chi connectivity index (χ2n) is 3.09. The van der Waals surface area contributed by atoms with Crippen LogP contribution in [-0.2, 0) is 11.3 Å². The summed E-state index contributed by atoms with van der Waals surface area (Å²) in [4.78, 5) is 10.9. The number of ether oxygens (including phenoxy) is 2. The smallest absolute Gasteiger partial charge is 0.437 e. The molecule has 2 rings (SSSR count). The van der Waals surface area contributed by atoms with Crippen LogP contribution in [0.2, 0.25) is 0 Å². The van der Waals surface area contributed by atoms with Gasteiger partial charge in [0, 0.05) is 6.20 Å². The molecule has 0 saturated carbocycles. The molecule has 0 saturated heterocycles. The van der Waals surface area contributed by atoms with Crippen molar-refractivity contribution in [3.05, 3.63) is 30.1 Å². The van der Waals surface area contributed by atoms with E-state index in [1.54, 1.807) is 18.3 Å². The maximum absolute atomic E-state index is 10.9. The number of aliphatic hydroxyl groups excluding tert-OH is 1. The molecule has 6 nitrogen and oxygen atoms in total. The largest absolute Gasteiger partial charge is 0.513 e. The number of pyridine rings is 1. The van der Waals surface area contributed by atoms with E-state index in [4.69, 9.17) is 9.84 Å². The molecular formula is C10H10N2O4. The number of hydrogen-bond donors (Lipinski definition) is 1. The molecule has 0 fully saturated rings. The van der Waals surface area contributed by atoms with Gasteiger partial charge in [-0.05, 0) is 17.7 Å². The van der Waals surface area contributed by atoms with E-state index in [9.17, 15) is 4.79 Å². The number of rotatable bonds is 2. The van der Waals surface area contributed by atoms with Gasteiger partial charge in [-0.15, -0.1) is 0 Å². The Balaban J connectivity index is 2.41. The number of fused-ring (bicyclic) bond motifs is 1. The van der Waals surface area contributed by atoms with Gasteiger partial charge in [0.25, 0.3) is 0 Å². The first-order valence-corrected chi connectivity index (χ1v) is 4.57. The maximum Gasteiger partial charge on any atom is 0.513 e. The van der Waals surface area contributed by atoms with Crippen molar-refractivity contribution < 1.29 is 19.4 Å². The molecule has 0 spiro atoms. The fraction of sp³-hybridized carbons (Fsp3) is 0.200. The van der Waals surface area contributed by atoms with E-state index in [-0.39, 0.29) is 6.61 Å². The summed E-state index contributed by atoms with van der Waals surface area (Å²) < 4.78 is 10.8. The van der Waals surface area contributed by atoms with Crippen LogP contribution in [0.3, 0.4) is 0 Å². The lowest BCUT2D eigenvalue weighted by atomic mass is 10.2. The third-order valence-corrected chi connectivity index (χ3v) is 2.09. The van der Waals surface area contributed by atoms with Gasteiger partial charge in [0.05, 0.1) is 19.9 Å². The Morgan fingerprint density at radius 1 is 1.62 bits per heavy atom. The highest BCUT2D eigenvalue weighted by Crippen LogP contribution is 2.20. The van der Waals surface area contributed by atoms with Crippen molar-refractivity contribution in [2.45, 2.75) is 6.61 Å². The summed E-state index contributed by atoms with van der Waals surface area (Å²) in [7, 11) is 1.23. The van der Waals surface area contributed by atoms with Gasteiger partial charge in [-0.2, -0.15) is 5.10 Å². The zero-order chi connectivity index (χ0) is 11.5. The van der Waals surface area contributed by atoms with E-state index >= 15 is 0 Å². The standard InChI is InChI=1S/C10H10N2O4/c1-15-10(14)16-9-5-11-12-3-2-7(6-13)4-8(9)12/h2-5,13H,6H2,1H3. The highest BCUT2D eigenvalue weighted by molar-refractivity contribution is 5.70.